The number of sulfone groups is 1. The molecule has 3 rings (SSSR count). The molecule has 0 aromatic heterocycles. The fourth-order valence-corrected chi connectivity index (χ4v) is 5.64. The maximum atomic E-state index is 13.4. The average Bonchev–Trinajstić information content (AvgIpc) is 3.09. The lowest BCUT2D eigenvalue weighted by Crippen LogP contribution is -2.46. The maximum absolute atomic E-state index is 13.4. The number of nitrogens with zero attached hydrogens (tertiary/aromatic N) is 1. The second-order valence-corrected chi connectivity index (χ2v) is 10.6. The number of hydrogen-bond acceptors (Lipinski definition) is 5. The Morgan fingerprint density at radius 2 is 1.77 bits per heavy atom. The van der Waals surface area contributed by atoms with Gasteiger partial charge in [-0.3, -0.25) is 4.79 Å². The number of halogens is 1. The first-order valence-corrected chi connectivity index (χ1v) is 12.4. The van der Waals surface area contributed by atoms with E-state index in [0.29, 0.717) is 23.7 Å². The summed E-state index contributed by atoms with van der Waals surface area (Å²) in [6, 6.07) is 10.6. The Bertz CT molecular complexity index is 1030. The van der Waals surface area contributed by atoms with Crippen LogP contribution in [-0.2, 0) is 21.2 Å². The number of hydrogen-bond donors (Lipinski definition) is 0. The molecule has 1 fully saturated rings. The van der Waals surface area contributed by atoms with Gasteiger partial charge in [0, 0.05) is 17.6 Å². The topological polar surface area (TPSA) is 72.9 Å². The lowest BCUT2D eigenvalue weighted by molar-refractivity contribution is -0.140. The highest BCUT2D eigenvalue weighted by Crippen LogP contribution is 2.28. The van der Waals surface area contributed by atoms with Crippen LogP contribution >= 0.6 is 11.6 Å². The van der Waals surface area contributed by atoms with Gasteiger partial charge in [-0.05, 0) is 68.1 Å². The molecule has 0 radical (unpaired) electrons. The van der Waals surface area contributed by atoms with Crippen molar-refractivity contribution in [3.63, 3.8) is 0 Å². The largest absolute Gasteiger partial charge is 0.497 e. The molecule has 8 heteroatoms. The number of methoxy groups -OCH3 is 1. The Balaban J connectivity index is 1.82. The van der Waals surface area contributed by atoms with Crippen LogP contribution in [-0.4, -0.2) is 50.0 Å². The highest BCUT2D eigenvalue weighted by molar-refractivity contribution is 7.91. The first kappa shape index (κ1) is 23.4. The van der Waals surface area contributed by atoms with Crippen molar-refractivity contribution in [2.24, 2.45) is 0 Å². The Labute approximate surface area is 189 Å². The van der Waals surface area contributed by atoms with Crippen molar-refractivity contribution in [3.8, 4) is 11.5 Å². The second kappa shape index (κ2) is 9.49. The molecule has 2 aromatic rings. The third-order valence-electron chi connectivity index (χ3n) is 5.51. The van der Waals surface area contributed by atoms with E-state index in [2.05, 4.69) is 0 Å². The fourth-order valence-electron chi connectivity index (χ4n) is 3.80. The average molecular weight is 466 g/mol. The molecule has 168 valence electrons. The number of rotatable bonds is 7. The molecule has 2 aromatic carbocycles. The van der Waals surface area contributed by atoms with E-state index in [-0.39, 0.29) is 23.5 Å². The highest BCUT2D eigenvalue weighted by Gasteiger charge is 2.36. The smallest absolute Gasteiger partial charge is 0.263 e. The number of amides is 1. The van der Waals surface area contributed by atoms with Crippen molar-refractivity contribution in [2.45, 2.75) is 45.9 Å². The molecule has 0 saturated carbocycles. The van der Waals surface area contributed by atoms with E-state index in [4.69, 9.17) is 21.1 Å². The molecule has 0 N–H and O–H groups in total. The summed E-state index contributed by atoms with van der Waals surface area (Å²) in [7, 11) is -1.56. The van der Waals surface area contributed by atoms with E-state index in [1.165, 1.54) is 0 Å². The molecule has 1 amide bonds. The maximum Gasteiger partial charge on any atom is 0.263 e. The first-order chi connectivity index (χ1) is 14.6. The lowest BCUT2D eigenvalue weighted by Gasteiger charge is -2.31. The van der Waals surface area contributed by atoms with Gasteiger partial charge in [-0.2, -0.15) is 0 Å². The van der Waals surface area contributed by atoms with Gasteiger partial charge in [0.25, 0.3) is 5.91 Å². The molecule has 2 atom stereocenters. The Morgan fingerprint density at radius 1 is 1.16 bits per heavy atom. The summed E-state index contributed by atoms with van der Waals surface area (Å²) in [6.45, 7) is 5.75. The van der Waals surface area contributed by atoms with Crippen LogP contribution < -0.4 is 9.47 Å². The zero-order chi connectivity index (χ0) is 22.8. The molecule has 1 aliphatic heterocycles. The molecule has 31 heavy (non-hydrogen) atoms. The zero-order valence-corrected chi connectivity index (χ0v) is 19.8. The van der Waals surface area contributed by atoms with Crippen LogP contribution in [0.1, 0.15) is 30.0 Å². The molecule has 1 aliphatic rings. The predicted octanol–water partition coefficient (Wildman–Crippen LogP) is 3.95. The minimum Gasteiger partial charge on any atom is -0.497 e. The van der Waals surface area contributed by atoms with E-state index in [9.17, 15) is 13.2 Å². The van der Waals surface area contributed by atoms with Gasteiger partial charge in [-0.1, -0.05) is 23.7 Å². The SMILES string of the molecule is COc1ccc(CN(C(=O)C(C)Oc2cc(C)c(Cl)c(C)c2)C2CCS(=O)(=O)C2)cc1. The van der Waals surface area contributed by atoms with Gasteiger partial charge in [0.05, 0.1) is 18.6 Å². The van der Waals surface area contributed by atoms with Gasteiger partial charge in [-0.15, -0.1) is 0 Å². The van der Waals surface area contributed by atoms with Crippen molar-refractivity contribution in [1.82, 2.24) is 4.90 Å². The molecule has 0 aliphatic carbocycles. The monoisotopic (exact) mass is 465 g/mol. The van der Waals surface area contributed by atoms with Crippen molar-refractivity contribution >= 4 is 27.3 Å². The third-order valence-corrected chi connectivity index (χ3v) is 7.86. The van der Waals surface area contributed by atoms with E-state index < -0.39 is 15.9 Å². The molecule has 1 heterocycles. The van der Waals surface area contributed by atoms with Gasteiger partial charge in [-0.25, -0.2) is 8.42 Å². The number of aryl methyl sites for hydroxylation is 2. The van der Waals surface area contributed by atoms with E-state index in [1.54, 1.807) is 31.1 Å². The summed E-state index contributed by atoms with van der Waals surface area (Å²) in [5.41, 5.74) is 2.63. The second-order valence-electron chi connectivity index (χ2n) is 8.00. The summed E-state index contributed by atoms with van der Waals surface area (Å²) in [5.74, 6) is 1.09. The van der Waals surface area contributed by atoms with Crippen molar-refractivity contribution in [1.29, 1.82) is 0 Å². The fraction of sp³-hybridized carbons (Fsp3) is 0.435. The minimum absolute atomic E-state index is 0.0270. The highest BCUT2D eigenvalue weighted by atomic mass is 35.5. The van der Waals surface area contributed by atoms with E-state index in [0.717, 1.165) is 22.4 Å². The summed E-state index contributed by atoms with van der Waals surface area (Å²) < 4.78 is 35.3. The van der Waals surface area contributed by atoms with Crippen molar-refractivity contribution in [2.75, 3.05) is 18.6 Å². The van der Waals surface area contributed by atoms with Crippen LogP contribution in [0.4, 0.5) is 0 Å². The quantitative estimate of drug-likeness (QED) is 0.619. The predicted molar refractivity (Wildman–Crippen MR) is 122 cm³/mol. The Kier molecular flexibility index (Phi) is 7.17. The number of carbonyl (C=O) groups is 1. The van der Waals surface area contributed by atoms with E-state index >= 15 is 0 Å². The van der Waals surface area contributed by atoms with Crippen LogP contribution in [0.3, 0.4) is 0 Å². The van der Waals surface area contributed by atoms with Crippen LogP contribution in [0.5, 0.6) is 11.5 Å². The number of ether oxygens (including phenoxy) is 2. The van der Waals surface area contributed by atoms with Crippen molar-refractivity contribution in [3.05, 3.63) is 58.1 Å². The molecule has 1 saturated heterocycles. The molecular weight excluding hydrogens is 438 g/mol. The Morgan fingerprint density at radius 3 is 2.29 bits per heavy atom. The normalized spacial score (nSPS) is 18.4. The molecule has 6 nitrogen and oxygen atoms in total. The molecule has 2 unspecified atom stereocenters. The van der Waals surface area contributed by atoms with Crippen LogP contribution in [0.15, 0.2) is 36.4 Å². The van der Waals surface area contributed by atoms with Gasteiger partial charge in [0.1, 0.15) is 11.5 Å². The standard InChI is InChI=1S/C23H28ClNO5S/c1-15-11-21(12-16(2)22(15)24)30-17(3)23(26)25(19-9-10-31(27,28)14-19)13-18-5-7-20(29-4)8-6-18/h5-8,11-12,17,19H,9-10,13-14H2,1-4H3. The lowest BCUT2D eigenvalue weighted by atomic mass is 10.1. The van der Waals surface area contributed by atoms with Gasteiger partial charge >= 0.3 is 0 Å². The van der Waals surface area contributed by atoms with E-state index in [1.807, 2.05) is 38.1 Å². The number of benzene rings is 2. The molecular formula is C23H28ClNO5S. The zero-order valence-electron chi connectivity index (χ0n) is 18.2. The van der Waals surface area contributed by atoms with Crippen LogP contribution in [0.25, 0.3) is 0 Å². The summed E-state index contributed by atoms with van der Waals surface area (Å²) in [5, 5.41) is 0.670. The number of carbonyl (C=O) groups excluding carboxylic acids is 1. The first-order valence-electron chi connectivity index (χ1n) is 10.2. The Hall–Kier alpha value is -2.25. The third kappa shape index (κ3) is 5.71. The van der Waals surface area contributed by atoms with Gasteiger partial charge in [0.15, 0.2) is 15.9 Å². The van der Waals surface area contributed by atoms with Gasteiger partial charge in [0.2, 0.25) is 0 Å². The molecule has 0 spiro atoms. The van der Waals surface area contributed by atoms with Crippen molar-refractivity contribution < 1.29 is 22.7 Å². The molecule has 0 bridgehead atoms. The summed E-state index contributed by atoms with van der Waals surface area (Å²) in [6.07, 6.45) is -0.350. The summed E-state index contributed by atoms with van der Waals surface area (Å²) in [4.78, 5) is 15.0. The van der Waals surface area contributed by atoms with Crippen LogP contribution in [0, 0.1) is 13.8 Å². The summed E-state index contributed by atoms with van der Waals surface area (Å²) >= 11 is 6.23. The van der Waals surface area contributed by atoms with Crippen LogP contribution in [0.2, 0.25) is 5.02 Å². The minimum atomic E-state index is -3.15. The van der Waals surface area contributed by atoms with Gasteiger partial charge < -0.3 is 14.4 Å².